The summed E-state index contributed by atoms with van der Waals surface area (Å²) in [4.78, 5) is 15.2. The minimum atomic E-state index is -0.402. The number of hydrogen-bond donors (Lipinski definition) is 0. The van der Waals surface area contributed by atoms with Crippen molar-refractivity contribution in [3.05, 3.63) is 52.6 Å². The van der Waals surface area contributed by atoms with Gasteiger partial charge in [-0.1, -0.05) is 12.1 Å². The third kappa shape index (κ3) is 1.90. The first-order chi connectivity index (χ1) is 11.1. The molecule has 0 aliphatic rings. The molecule has 7 nitrogen and oxygen atoms in total. The number of hydrogen-bond acceptors (Lipinski definition) is 4. The van der Waals surface area contributed by atoms with Crippen LogP contribution >= 0.6 is 0 Å². The first kappa shape index (κ1) is 13.4. The van der Waals surface area contributed by atoms with Crippen molar-refractivity contribution in [2.45, 2.75) is 0 Å². The number of nitro groups is 1. The molecule has 0 saturated heterocycles. The van der Waals surface area contributed by atoms with Crippen LogP contribution in [0.25, 0.3) is 33.5 Å². The van der Waals surface area contributed by atoms with Crippen molar-refractivity contribution in [3.8, 4) is 11.5 Å². The van der Waals surface area contributed by atoms with Crippen molar-refractivity contribution in [1.82, 2.24) is 19.3 Å². The highest BCUT2D eigenvalue weighted by Gasteiger charge is 2.18. The van der Waals surface area contributed by atoms with Crippen molar-refractivity contribution in [2.24, 2.45) is 14.1 Å². The molecule has 4 rings (SSSR count). The van der Waals surface area contributed by atoms with Gasteiger partial charge in [0.15, 0.2) is 5.82 Å². The molecule has 0 atom stereocenters. The van der Waals surface area contributed by atoms with E-state index in [1.807, 2.05) is 35.9 Å². The smallest absolute Gasteiger partial charge is 0.271 e. The molecule has 4 aromatic rings. The van der Waals surface area contributed by atoms with Crippen LogP contribution in [-0.4, -0.2) is 24.3 Å². The molecular weight excluding hydrogens is 294 g/mol. The van der Waals surface area contributed by atoms with Crippen molar-refractivity contribution < 1.29 is 4.92 Å². The van der Waals surface area contributed by atoms with Gasteiger partial charge in [-0.3, -0.25) is 14.8 Å². The normalized spacial score (nSPS) is 11.4. The molecular formula is C16H13N5O2. The number of non-ortho nitro benzene ring substituents is 1. The summed E-state index contributed by atoms with van der Waals surface area (Å²) in [6.45, 7) is 0. The average molecular weight is 307 g/mol. The third-order valence-electron chi connectivity index (χ3n) is 4.04. The molecule has 0 N–H and O–H groups in total. The zero-order chi connectivity index (χ0) is 16.1. The Morgan fingerprint density at radius 3 is 2.61 bits per heavy atom. The van der Waals surface area contributed by atoms with Gasteiger partial charge in [0.1, 0.15) is 5.69 Å². The number of fused-ring (bicyclic) bond motifs is 2. The number of aryl methyl sites for hydroxylation is 2. The van der Waals surface area contributed by atoms with E-state index in [0.29, 0.717) is 5.52 Å². The van der Waals surface area contributed by atoms with Crippen LogP contribution in [0.4, 0.5) is 5.69 Å². The van der Waals surface area contributed by atoms with Gasteiger partial charge in [0.25, 0.3) is 5.69 Å². The minimum Gasteiger partial charge on any atom is -0.326 e. The summed E-state index contributed by atoms with van der Waals surface area (Å²) >= 11 is 0. The summed E-state index contributed by atoms with van der Waals surface area (Å²) in [7, 11) is 3.72. The van der Waals surface area contributed by atoms with Gasteiger partial charge in [-0.05, 0) is 18.2 Å². The summed E-state index contributed by atoms with van der Waals surface area (Å²) in [6, 6.07) is 12.6. The summed E-state index contributed by atoms with van der Waals surface area (Å²) < 4.78 is 3.63. The Bertz CT molecular complexity index is 1080. The molecule has 2 aromatic carbocycles. The van der Waals surface area contributed by atoms with Gasteiger partial charge < -0.3 is 4.57 Å². The van der Waals surface area contributed by atoms with E-state index in [-0.39, 0.29) is 5.69 Å². The Kier molecular flexibility index (Phi) is 2.71. The highest BCUT2D eigenvalue weighted by atomic mass is 16.6. The van der Waals surface area contributed by atoms with E-state index in [2.05, 4.69) is 10.1 Å². The Morgan fingerprint density at radius 1 is 1.09 bits per heavy atom. The zero-order valence-corrected chi connectivity index (χ0v) is 12.6. The molecule has 0 radical (unpaired) electrons. The van der Waals surface area contributed by atoms with E-state index in [4.69, 9.17) is 0 Å². The second kappa shape index (κ2) is 4.64. The van der Waals surface area contributed by atoms with Crippen LogP contribution in [0.1, 0.15) is 0 Å². The van der Waals surface area contributed by atoms with Gasteiger partial charge in [0.2, 0.25) is 0 Å². The van der Waals surface area contributed by atoms with Crippen LogP contribution in [0, 0.1) is 10.1 Å². The number of nitrogens with zero attached hydrogens (tertiary/aromatic N) is 5. The van der Waals surface area contributed by atoms with Crippen LogP contribution in [0.5, 0.6) is 0 Å². The summed E-state index contributed by atoms with van der Waals surface area (Å²) in [5.41, 5.74) is 3.39. The molecule has 0 unspecified atom stereocenters. The fourth-order valence-corrected chi connectivity index (χ4v) is 2.88. The number of rotatable bonds is 2. The highest BCUT2D eigenvalue weighted by molar-refractivity contribution is 5.94. The molecule has 0 bridgehead atoms. The number of aromatic nitrogens is 4. The van der Waals surface area contributed by atoms with Gasteiger partial charge in [-0.15, -0.1) is 0 Å². The van der Waals surface area contributed by atoms with Crippen molar-refractivity contribution in [3.63, 3.8) is 0 Å². The van der Waals surface area contributed by atoms with Gasteiger partial charge in [-0.25, -0.2) is 4.98 Å². The highest BCUT2D eigenvalue weighted by Crippen LogP contribution is 2.31. The zero-order valence-electron chi connectivity index (χ0n) is 12.6. The lowest BCUT2D eigenvalue weighted by atomic mass is 10.2. The van der Waals surface area contributed by atoms with E-state index >= 15 is 0 Å². The molecule has 0 fully saturated rings. The molecule has 0 spiro atoms. The predicted molar refractivity (Wildman–Crippen MR) is 87.1 cm³/mol. The number of imidazole rings is 1. The lowest BCUT2D eigenvalue weighted by Gasteiger charge is -1.99. The van der Waals surface area contributed by atoms with Crippen LogP contribution in [0.2, 0.25) is 0 Å². The fourth-order valence-electron chi connectivity index (χ4n) is 2.88. The van der Waals surface area contributed by atoms with Crippen LogP contribution in [0.3, 0.4) is 0 Å². The summed E-state index contributed by atoms with van der Waals surface area (Å²) in [5.74, 6) is 0.741. The number of nitro benzene ring substituents is 1. The monoisotopic (exact) mass is 307 g/mol. The minimum absolute atomic E-state index is 0.0528. The van der Waals surface area contributed by atoms with Gasteiger partial charge in [-0.2, -0.15) is 5.10 Å². The van der Waals surface area contributed by atoms with Crippen molar-refractivity contribution >= 4 is 27.6 Å². The maximum Gasteiger partial charge on any atom is 0.271 e. The molecule has 2 heterocycles. The molecule has 2 aromatic heterocycles. The molecule has 0 saturated carbocycles. The van der Waals surface area contributed by atoms with E-state index in [0.717, 1.165) is 27.9 Å². The van der Waals surface area contributed by atoms with Crippen LogP contribution in [0.15, 0.2) is 42.5 Å². The van der Waals surface area contributed by atoms with Crippen molar-refractivity contribution in [1.29, 1.82) is 0 Å². The van der Waals surface area contributed by atoms with E-state index in [9.17, 15) is 10.1 Å². The molecule has 0 aliphatic heterocycles. The van der Waals surface area contributed by atoms with E-state index in [1.165, 1.54) is 12.1 Å². The lowest BCUT2D eigenvalue weighted by Crippen LogP contribution is -1.95. The quantitative estimate of drug-likeness (QED) is 0.421. The second-order valence-corrected chi connectivity index (χ2v) is 5.41. The number of para-hydroxylation sites is 2. The van der Waals surface area contributed by atoms with Gasteiger partial charge >= 0.3 is 0 Å². The van der Waals surface area contributed by atoms with Crippen molar-refractivity contribution in [2.75, 3.05) is 0 Å². The molecule has 0 aliphatic carbocycles. The molecule has 7 heteroatoms. The molecule has 0 amide bonds. The predicted octanol–water partition coefficient (Wildman–Crippen LogP) is 3.04. The van der Waals surface area contributed by atoms with Crippen LogP contribution in [-0.2, 0) is 14.1 Å². The van der Waals surface area contributed by atoms with Gasteiger partial charge in [0.05, 0.1) is 21.5 Å². The summed E-state index contributed by atoms with van der Waals surface area (Å²) in [6.07, 6.45) is 0. The van der Waals surface area contributed by atoms with Gasteiger partial charge in [0, 0.05) is 31.6 Å². The maximum absolute atomic E-state index is 11.0. The largest absolute Gasteiger partial charge is 0.326 e. The van der Waals surface area contributed by atoms with E-state index in [1.54, 1.807) is 17.8 Å². The molecule has 23 heavy (non-hydrogen) atoms. The van der Waals surface area contributed by atoms with E-state index < -0.39 is 4.92 Å². The summed E-state index contributed by atoms with van der Waals surface area (Å²) in [5, 5.41) is 16.3. The number of benzene rings is 2. The second-order valence-electron chi connectivity index (χ2n) is 5.41. The maximum atomic E-state index is 11.0. The SMILES string of the molecule is Cn1nc(-c2nc3ccccc3n2C)c2ccc([N+](=O)[O-])cc21. The first-order valence-electron chi connectivity index (χ1n) is 7.09. The topological polar surface area (TPSA) is 78.8 Å². The standard InChI is InChI=1S/C16H13N5O2/c1-19-13-6-4-3-5-12(13)17-16(19)15-11-8-7-10(21(22)23)9-14(11)20(2)18-15/h3-9H,1-2H3. The Balaban J connectivity index is 2.01. The first-order valence-corrected chi connectivity index (χ1v) is 7.09. The Hall–Kier alpha value is -3.22. The van der Waals surface area contributed by atoms with Crippen LogP contribution < -0.4 is 0 Å². The average Bonchev–Trinajstić information content (AvgIpc) is 3.05. The molecule has 114 valence electrons. The fraction of sp³-hybridized carbons (Fsp3) is 0.125. The Morgan fingerprint density at radius 2 is 1.87 bits per heavy atom. The lowest BCUT2D eigenvalue weighted by molar-refractivity contribution is -0.384. The Labute approximate surface area is 130 Å². The third-order valence-corrected chi connectivity index (χ3v) is 4.04.